The molecule has 6 aliphatic rings. The minimum atomic E-state index is -0.624. The Labute approximate surface area is 644 Å². The topological polar surface area (TPSA) is 413 Å². The number of imidazole rings is 1. The zero-order valence-corrected chi connectivity index (χ0v) is 64.0. The third kappa shape index (κ3) is 23.6. The van der Waals surface area contributed by atoms with Gasteiger partial charge in [0.1, 0.15) is 56.2 Å². The molecule has 2 fully saturated rings. The summed E-state index contributed by atoms with van der Waals surface area (Å²) >= 11 is 6.30. The maximum absolute atomic E-state index is 12.7. The van der Waals surface area contributed by atoms with Crippen LogP contribution in [0, 0.1) is 5.92 Å². The van der Waals surface area contributed by atoms with Crippen LogP contribution in [0.2, 0.25) is 0 Å². The summed E-state index contributed by atoms with van der Waals surface area (Å²) in [5.41, 5.74) is 17.5. The van der Waals surface area contributed by atoms with Crippen molar-refractivity contribution in [2.24, 2.45) is 11.7 Å². The molecule has 572 valence electrons. The first-order valence-electron chi connectivity index (χ1n) is 35.0. The minimum absolute atomic E-state index is 0.217. The second kappa shape index (κ2) is 38.0. The molecule has 0 unspecified atom stereocenters. The van der Waals surface area contributed by atoms with Crippen molar-refractivity contribution in [2.45, 2.75) is 110 Å². The second-order valence-electron chi connectivity index (χ2n) is 27.0. The molecular weight excluding hydrogens is 1540 g/mol. The standard InChI is InChI=1S/C20H20N4O3.C18H20N4O4.C13H12N4O2.C9H12BrN3O2.C9H9NO2.C7H11BrO2/c25-20(15-3-1-2-14-6-9-27-19(14)15)23-17-12-24-11-16(22-18(24)10-21-17)13-4-7-26-8-5-13;1-18(2,3)26-17(24)22-14-10-19-13(9-20-14)21-16(23)12-6-4-5-11-7-8-25-15(11)12;14-10-6-16-11(7-15-10)17-13(18)9-3-1-2-8-4-5-19-12(8)9;1-9(2,3)15-8(14)13-7-5-11-6(10)4-12-7;10-9(11)7-3-1-2-6-4-5-12-8(6)7;8-5-7(9)6-1-3-10-4-2-6/h1-3,10-13H,4-9H2,(H,23,25);4-6,9-10H,7-8H2,1-3H3,(H,19,21,23)(H,20,22,24);1-3,6-7H,4-5H2,(H2,14,15)(H,16,17,18);4-5H,1-3H3,(H,12,13,14);1-3H,4-5H2,(H2,10,11);6H,1-5H2. The van der Waals surface area contributed by atoms with Crippen LogP contribution in [0.1, 0.15) is 143 Å². The highest BCUT2D eigenvalue weighted by molar-refractivity contribution is 9.10. The van der Waals surface area contributed by atoms with Crippen molar-refractivity contribution < 1.29 is 71.5 Å². The van der Waals surface area contributed by atoms with Gasteiger partial charge >= 0.3 is 12.2 Å². The number of hydrogen-bond donors (Lipinski definition) is 7. The molecular formula is C76H84Br2N16O15. The molecule has 2 saturated heterocycles. The smallest absolute Gasteiger partial charge is 0.413 e. The molecule has 0 spiro atoms. The molecule has 11 heterocycles. The van der Waals surface area contributed by atoms with E-state index >= 15 is 0 Å². The molecule has 6 aliphatic heterocycles. The molecule has 6 amide bonds. The quantitative estimate of drug-likeness (QED) is 0.0559. The maximum atomic E-state index is 12.7. The SMILES string of the molecule is CC(C)(C)OC(=O)Nc1cnc(Br)cn1.CC(C)(C)OC(=O)Nc1cnc(NC(=O)c2cccc3c2OCC3)cn1.NC(=O)c1cccc2c1OCC2.Nc1cnc(NC(=O)c2cccc3c2OCC3)cn1.O=C(CBr)C1CCOCC1.O=C(Nc1cn2cc(C3CCOCC3)nc2cn1)c1cccc2c1OCC2. The van der Waals surface area contributed by atoms with Gasteiger partial charge in [-0.1, -0.05) is 64.5 Å². The number of hydrogen-bond acceptors (Lipinski definition) is 24. The fourth-order valence-corrected chi connectivity index (χ4v) is 12.2. The lowest BCUT2D eigenvalue weighted by Crippen LogP contribution is -2.27. The Balaban J connectivity index is 0.000000144. The molecule has 4 aromatic carbocycles. The van der Waals surface area contributed by atoms with Crippen LogP contribution in [0.5, 0.6) is 23.0 Å². The van der Waals surface area contributed by atoms with Gasteiger partial charge in [0.25, 0.3) is 23.6 Å². The molecule has 33 heteroatoms. The monoisotopic (exact) mass is 1620 g/mol. The Morgan fingerprint density at radius 1 is 0.477 bits per heavy atom. The van der Waals surface area contributed by atoms with Crippen molar-refractivity contribution in [3.05, 3.63) is 183 Å². The number of nitrogen functional groups attached to an aromatic ring is 1. The largest absolute Gasteiger partial charge is 0.492 e. The number of aromatic nitrogens is 9. The number of rotatable bonds is 12. The number of alkyl halides is 1. The van der Waals surface area contributed by atoms with Gasteiger partial charge in [0.15, 0.2) is 28.9 Å². The Bertz CT molecular complexity index is 4680. The van der Waals surface area contributed by atoms with Crippen LogP contribution in [-0.2, 0) is 49.4 Å². The van der Waals surface area contributed by atoms with Crippen LogP contribution >= 0.6 is 31.9 Å². The number of anilines is 6. The van der Waals surface area contributed by atoms with Crippen LogP contribution in [0.4, 0.5) is 44.5 Å². The van der Waals surface area contributed by atoms with Gasteiger partial charge in [0, 0.05) is 70.1 Å². The van der Waals surface area contributed by atoms with E-state index in [9.17, 15) is 33.6 Å². The van der Waals surface area contributed by atoms with Gasteiger partial charge in [-0.05, 0) is 130 Å². The third-order valence-electron chi connectivity index (χ3n) is 16.6. The summed E-state index contributed by atoms with van der Waals surface area (Å²) in [6, 6.07) is 22.1. The number of Topliss-reactive ketones (excluding diaryl/α,β-unsaturated/α-hetero) is 1. The molecule has 0 saturated carbocycles. The predicted molar refractivity (Wildman–Crippen MR) is 411 cm³/mol. The first-order chi connectivity index (χ1) is 52.3. The normalized spacial score (nSPS) is 14.3. The van der Waals surface area contributed by atoms with Gasteiger partial charge in [-0.2, -0.15) is 0 Å². The third-order valence-corrected chi connectivity index (χ3v) is 17.6. The van der Waals surface area contributed by atoms with Crippen molar-refractivity contribution in [2.75, 3.05) is 90.5 Å². The van der Waals surface area contributed by atoms with E-state index < -0.39 is 29.3 Å². The molecule has 0 atom stereocenters. The number of ketones is 1. The average Bonchev–Trinajstić information content (AvgIpc) is 1.73. The van der Waals surface area contributed by atoms with E-state index in [-0.39, 0.29) is 35.3 Å². The van der Waals surface area contributed by atoms with E-state index in [2.05, 4.69) is 98.3 Å². The highest BCUT2D eigenvalue weighted by Gasteiger charge is 2.27. The van der Waals surface area contributed by atoms with E-state index in [4.69, 9.17) is 49.4 Å². The van der Waals surface area contributed by atoms with Gasteiger partial charge in [-0.3, -0.25) is 34.6 Å². The van der Waals surface area contributed by atoms with E-state index in [1.54, 1.807) is 78.2 Å². The lowest BCUT2D eigenvalue weighted by atomic mass is 9.97. The van der Waals surface area contributed by atoms with Gasteiger partial charge < -0.3 is 69.7 Å². The van der Waals surface area contributed by atoms with Crippen LogP contribution in [0.15, 0.2) is 133 Å². The number of halogens is 2. The summed E-state index contributed by atoms with van der Waals surface area (Å²) in [6.45, 7) is 16.2. The van der Waals surface area contributed by atoms with Crippen molar-refractivity contribution in [1.82, 2.24) is 44.3 Å². The van der Waals surface area contributed by atoms with Crippen LogP contribution in [0.3, 0.4) is 0 Å². The van der Waals surface area contributed by atoms with E-state index in [1.807, 2.05) is 59.1 Å². The van der Waals surface area contributed by atoms with Gasteiger partial charge in [-0.25, -0.2) is 49.5 Å². The lowest BCUT2D eigenvalue weighted by molar-refractivity contribution is -0.122. The zero-order valence-electron chi connectivity index (χ0n) is 60.9. The number of nitrogens with one attached hydrogen (secondary N) is 5. The summed E-state index contributed by atoms with van der Waals surface area (Å²) in [4.78, 5) is 115. The first kappa shape index (κ1) is 80.3. The van der Waals surface area contributed by atoms with E-state index in [0.29, 0.717) is 117 Å². The van der Waals surface area contributed by atoms with Crippen LogP contribution in [-0.4, -0.2) is 155 Å². The molecule has 0 radical (unpaired) electrons. The number of primary amides is 1. The molecule has 0 aliphatic carbocycles. The van der Waals surface area contributed by atoms with Crippen molar-refractivity contribution in [1.29, 1.82) is 0 Å². The molecule has 109 heavy (non-hydrogen) atoms. The number of ether oxygens (including phenoxy) is 8. The fourth-order valence-electron chi connectivity index (χ4n) is 11.5. The Morgan fingerprint density at radius 3 is 1.27 bits per heavy atom. The Morgan fingerprint density at radius 2 is 0.862 bits per heavy atom. The number of benzene rings is 4. The summed E-state index contributed by atoms with van der Waals surface area (Å²) in [6.07, 6.45) is 19.9. The van der Waals surface area contributed by atoms with Gasteiger partial charge in [0.05, 0.1) is 109 Å². The van der Waals surface area contributed by atoms with Crippen LogP contribution < -0.4 is 57.0 Å². The Kier molecular flexibility index (Phi) is 28.0. The van der Waals surface area contributed by atoms with E-state index in [1.165, 1.54) is 37.2 Å². The number of fused-ring (bicyclic) bond motifs is 5. The molecule has 9 aromatic rings. The highest BCUT2D eigenvalue weighted by Crippen LogP contribution is 2.34. The minimum Gasteiger partial charge on any atom is -0.492 e. The molecule has 0 bridgehead atoms. The highest BCUT2D eigenvalue weighted by atomic mass is 79.9. The number of nitrogens with two attached hydrogens (primary N) is 2. The number of amides is 6. The summed E-state index contributed by atoms with van der Waals surface area (Å²) in [5.74, 6) is 4.37. The van der Waals surface area contributed by atoms with Gasteiger partial charge in [-0.15, -0.1) is 0 Å². The number of carbonyl (C=O) groups excluding carboxylic acids is 7. The molecule has 9 N–H and O–H groups in total. The summed E-state index contributed by atoms with van der Waals surface area (Å²) < 4.78 is 45.2. The number of nitrogens with zero attached hydrogens (tertiary/aromatic N) is 9. The van der Waals surface area contributed by atoms with Crippen molar-refractivity contribution in [3.63, 3.8) is 0 Å². The first-order valence-corrected chi connectivity index (χ1v) is 36.9. The van der Waals surface area contributed by atoms with Gasteiger partial charge in [0.2, 0.25) is 0 Å². The molecule has 31 nitrogen and oxygen atoms in total. The molecule has 5 aromatic heterocycles. The second-order valence-corrected chi connectivity index (χ2v) is 28.3. The number of para-hydroxylation sites is 4. The average molecular weight is 1620 g/mol. The number of carbonyl (C=O) groups is 7. The Hall–Kier alpha value is -11.3. The fraction of sp³-hybridized carbons (Fsp3) is 0.355. The molecule has 15 rings (SSSR count). The summed E-state index contributed by atoms with van der Waals surface area (Å²) in [7, 11) is 0. The van der Waals surface area contributed by atoms with E-state index in [0.717, 1.165) is 111 Å². The van der Waals surface area contributed by atoms with Crippen molar-refractivity contribution in [3.8, 4) is 23.0 Å². The summed E-state index contributed by atoms with van der Waals surface area (Å²) in [5, 5.41) is 13.7. The van der Waals surface area contributed by atoms with Crippen molar-refractivity contribution >= 4 is 114 Å². The maximum Gasteiger partial charge on any atom is 0.413 e. The zero-order chi connectivity index (χ0) is 77.6. The van der Waals surface area contributed by atoms with Crippen LogP contribution in [0.25, 0.3) is 5.65 Å². The predicted octanol–water partition coefficient (Wildman–Crippen LogP) is 11.8. The lowest BCUT2D eigenvalue weighted by Gasteiger charge is -2.19.